The quantitative estimate of drug-likeness (QED) is 0.432. The maximum atomic E-state index is 13.0. The number of carbonyl (C=O) groups is 1. The van der Waals surface area contributed by atoms with Crippen LogP contribution in [0.25, 0.3) is 0 Å². The Hall–Kier alpha value is -1.73. The number of ketones is 1. The van der Waals surface area contributed by atoms with E-state index in [9.17, 15) is 9.18 Å². The molecule has 0 aliphatic rings. The summed E-state index contributed by atoms with van der Waals surface area (Å²) >= 11 is 0. The minimum atomic E-state index is -0.611. The Labute approximate surface area is 81.4 Å². The Morgan fingerprint density at radius 3 is 3.14 bits per heavy atom. The number of aromatic nitrogens is 1. The van der Waals surface area contributed by atoms with Gasteiger partial charge in [0, 0.05) is 6.20 Å². The van der Waals surface area contributed by atoms with Gasteiger partial charge in [-0.1, -0.05) is 5.92 Å². The molecule has 0 aliphatic heterocycles. The van der Waals surface area contributed by atoms with E-state index >= 15 is 0 Å². The van der Waals surface area contributed by atoms with Crippen molar-refractivity contribution in [2.75, 3.05) is 13.1 Å². The third-order valence-corrected chi connectivity index (χ3v) is 1.59. The molecule has 0 saturated heterocycles. The lowest BCUT2D eigenvalue weighted by Crippen LogP contribution is -2.23. The summed E-state index contributed by atoms with van der Waals surface area (Å²) in [5, 5.41) is 2.69. The van der Waals surface area contributed by atoms with E-state index in [1.54, 1.807) is 0 Å². The number of rotatable bonds is 4. The minimum Gasteiger partial charge on any atom is -0.299 e. The molecule has 1 rings (SSSR count). The fraction of sp³-hybridized carbons (Fsp3) is 0.200. The van der Waals surface area contributed by atoms with Crippen molar-refractivity contribution >= 4 is 5.78 Å². The van der Waals surface area contributed by atoms with E-state index in [-0.39, 0.29) is 17.9 Å². The second kappa shape index (κ2) is 5.10. The molecule has 0 aliphatic carbocycles. The van der Waals surface area contributed by atoms with Crippen molar-refractivity contribution in [3.8, 4) is 12.3 Å². The number of carbonyl (C=O) groups excluding carboxylic acids is 1. The van der Waals surface area contributed by atoms with E-state index in [1.165, 1.54) is 12.3 Å². The number of halogens is 1. The van der Waals surface area contributed by atoms with Crippen LogP contribution in [-0.2, 0) is 0 Å². The van der Waals surface area contributed by atoms with Gasteiger partial charge in [-0.2, -0.15) is 0 Å². The Morgan fingerprint density at radius 2 is 2.50 bits per heavy atom. The highest BCUT2D eigenvalue weighted by atomic mass is 19.1. The molecule has 0 aromatic carbocycles. The van der Waals surface area contributed by atoms with Crippen molar-refractivity contribution in [1.82, 2.24) is 10.3 Å². The third-order valence-electron chi connectivity index (χ3n) is 1.59. The Balaban J connectivity index is 2.62. The summed E-state index contributed by atoms with van der Waals surface area (Å²) in [5.74, 6) is 1.38. The second-order valence-electron chi connectivity index (χ2n) is 2.59. The van der Waals surface area contributed by atoms with E-state index in [1.807, 2.05) is 0 Å². The van der Waals surface area contributed by atoms with Gasteiger partial charge >= 0.3 is 0 Å². The zero-order valence-electron chi connectivity index (χ0n) is 7.46. The second-order valence-corrected chi connectivity index (χ2v) is 2.59. The number of terminal acetylenes is 1. The lowest BCUT2D eigenvalue weighted by atomic mass is 10.1. The largest absolute Gasteiger partial charge is 0.299 e. The SMILES string of the molecule is C#CCNCC(=O)c1ccncc1F. The summed E-state index contributed by atoms with van der Waals surface area (Å²) < 4.78 is 13.0. The van der Waals surface area contributed by atoms with Crippen molar-refractivity contribution in [2.24, 2.45) is 0 Å². The van der Waals surface area contributed by atoms with E-state index in [0.29, 0.717) is 6.54 Å². The lowest BCUT2D eigenvalue weighted by Gasteiger charge is -2.01. The summed E-state index contributed by atoms with van der Waals surface area (Å²) in [6.45, 7) is 0.323. The van der Waals surface area contributed by atoms with Crippen LogP contribution in [0.1, 0.15) is 10.4 Å². The molecule has 3 nitrogen and oxygen atoms in total. The summed E-state index contributed by atoms with van der Waals surface area (Å²) in [5.41, 5.74) is 0.0320. The molecule has 4 heteroatoms. The van der Waals surface area contributed by atoms with Crippen LogP contribution in [0.15, 0.2) is 18.5 Å². The first-order valence-corrected chi connectivity index (χ1v) is 4.02. The molecule has 1 aromatic heterocycles. The normalized spacial score (nSPS) is 9.43. The fourth-order valence-electron chi connectivity index (χ4n) is 0.945. The molecule has 0 bridgehead atoms. The predicted octanol–water partition coefficient (Wildman–Crippen LogP) is 0.626. The van der Waals surface area contributed by atoms with Crippen LogP contribution >= 0.6 is 0 Å². The molecule has 0 unspecified atom stereocenters. The van der Waals surface area contributed by atoms with Gasteiger partial charge in [-0.3, -0.25) is 15.1 Å². The summed E-state index contributed by atoms with van der Waals surface area (Å²) in [6, 6.07) is 1.34. The smallest absolute Gasteiger partial charge is 0.179 e. The van der Waals surface area contributed by atoms with E-state index in [4.69, 9.17) is 6.42 Å². The van der Waals surface area contributed by atoms with E-state index < -0.39 is 5.82 Å². The molecule has 0 saturated carbocycles. The standard InChI is InChI=1S/C10H9FN2O/c1-2-4-12-7-10(14)8-3-5-13-6-9(8)11/h1,3,5-6,12H,4,7H2. The average molecular weight is 192 g/mol. The Morgan fingerprint density at radius 1 is 1.71 bits per heavy atom. The van der Waals surface area contributed by atoms with Gasteiger partial charge in [0.1, 0.15) is 0 Å². The Bertz CT molecular complexity index is 371. The molecule has 0 fully saturated rings. The van der Waals surface area contributed by atoms with Gasteiger partial charge in [0.15, 0.2) is 11.6 Å². The van der Waals surface area contributed by atoms with Crippen molar-refractivity contribution in [2.45, 2.75) is 0 Å². The first kappa shape index (κ1) is 10.4. The first-order valence-electron chi connectivity index (χ1n) is 4.02. The van der Waals surface area contributed by atoms with E-state index in [0.717, 1.165) is 6.20 Å². The topological polar surface area (TPSA) is 42.0 Å². The van der Waals surface area contributed by atoms with Crippen LogP contribution in [0.5, 0.6) is 0 Å². The van der Waals surface area contributed by atoms with Gasteiger partial charge in [-0.15, -0.1) is 6.42 Å². The molecular weight excluding hydrogens is 183 g/mol. The molecule has 1 heterocycles. The molecule has 1 aromatic rings. The molecule has 1 N–H and O–H groups in total. The molecule has 72 valence electrons. The average Bonchev–Trinajstić information content (AvgIpc) is 2.18. The van der Waals surface area contributed by atoms with Gasteiger partial charge in [0.05, 0.1) is 24.8 Å². The minimum absolute atomic E-state index is 0.0320. The van der Waals surface area contributed by atoms with Crippen LogP contribution in [0, 0.1) is 18.2 Å². The molecule has 0 radical (unpaired) electrons. The van der Waals surface area contributed by atoms with Gasteiger partial charge in [0.25, 0.3) is 0 Å². The highest BCUT2D eigenvalue weighted by molar-refractivity contribution is 5.97. The highest BCUT2D eigenvalue weighted by Crippen LogP contribution is 2.04. The first-order chi connectivity index (χ1) is 6.75. The monoisotopic (exact) mass is 192 g/mol. The van der Waals surface area contributed by atoms with Crippen LogP contribution in [-0.4, -0.2) is 23.9 Å². The van der Waals surface area contributed by atoms with Gasteiger partial charge in [-0.05, 0) is 6.07 Å². The molecular formula is C10H9FN2O. The molecule has 0 amide bonds. The van der Waals surface area contributed by atoms with Gasteiger partial charge in [0.2, 0.25) is 0 Å². The lowest BCUT2D eigenvalue weighted by molar-refractivity contribution is 0.0988. The van der Waals surface area contributed by atoms with Crippen molar-refractivity contribution in [3.05, 3.63) is 29.8 Å². The van der Waals surface area contributed by atoms with Gasteiger partial charge < -0.3 is 0 Å². The molecule has 14 heavy (non-hydrogen) atoms. The number of nitrogens with zero attached hydrogens (tertiary/aromatic N) is 1. The zero-order chi connectivity index (χ0) is 10.4. The fourth-order valence-corrected chi connectivity index (χ4v) is 0.945. The third kappa shape index (κ3) is 2.64. The van der Waals surface area contributed by atoms with Crippen LogP contribution < -0.4 is 5.32 Å². The number of Topliss-reactive ketones (excluding diaryl/α,β-unsaturated/α-hetero) is 1. The van der Waals surface area contributed by atoms with Crippen LogP contribution in [0.3, 0.4) is 0 Å². The number of pyridine rings is 1. The van der Waals surface area contributed by atoms with Crippen molar-refractivity contribution < 1.29 is 9.18 Å². The molecule has 0 atom stereocenters. The Kier molecular flexibility index (Phi) is 3.77. The number of nitrogens with one attached hydrogen (secondary N) is 1. The van der Waals surface area contributed by atoms with Crippen molar-refractivity contribution in [1.29, 1.82) is 0 Å². The van der Waals surface area contributed by atoms with Crippen molar-refractivity contribution in [3.63, 3.8) is 0 Å². The summed E-state index contributed by atoms with van der Waals surface area (Å²) in [7, 11) is 0. The summed E-state index contributed by atoms with van der Waals surface area (Å²) in [4.78, 5) is 14.9. The maximum absolute atomic E-state index is 13.0. The summed E-state index contributed by atoms with van der Waals surface area (Å²) in [6.07, 6.45) is 7.36. The maximum Gasteiger partial charge on any atom is 0.179 e. The number of hydrogen-bond donors (Lipinski definition) is 1. The number of hydrogen-bond acceptors (Lipinski definition) is 3. The van der Waals surface area contributed by atoms with Crippen LogP contribution in [0.2, 0.25) is 0 Å². The highest BCUT2D eigenvalue weighted by Gasteiger charge is 2.09. The predicted molar refractivity (Wildman–Crippen MR) is 50.2 cm³/mol. The molecule has 0 spiro atoms. The van der Waals surface area contributed by atoms with Crippen LogP contribution in [0.4, 0.5) is 4.39 Å². The van der Waals surface area contributed by atoms with Gasteiger partial charge in [-0.25, -0.2) is 4.39 Å². The van der Waals surface area contributed by atoms with E-state index in [2.05, 4.69) is 16.2 Å². The zero-order valence-corrected chi connectivity index (χ0v) is 7.46.